The number of esters is 2. The smallest absolute Gasteiger partial charge is 0.345 e. The molecule has 13 nitrogen and oxygen atoms in total. The zero-order valence-electron chi connectivity index (χ0n) is 32.3. The third-order valence-corrected chi connectivity index (χ3v) is 7.10. The number of allylic oxidation sites excluding steroid dienone is 5. The van der Waals surface area contributed by atoms with Gasteiger partial charge in [0.1, 0.15) is 5.57 Å². The molecule has 0 bridgehead atoms. The van der Waals surface area contributed by atoms with Crippen LogP contribution in [0.1, 0.15) is 119 Å². The van der Waals surface area contributed by atoms with Gasteiger partial charge in [0, 0.05) is 24.9 Å². The van der Waals surface area contributed by atoms with Gasteiger partial charge in [-0.2, -0.15) is 4.99 Å². The number of hydrogen-bond donors (Lipinski definition) is 4. The largest absolute Gasteiger partial charge is 0.462 e. The van der Waals surface area contributed by atoms with Crippen molar-refractivity contribution in [3.8, 4) is 0 Å². The van der Waals surface area contributed by atoms with E-state index < -0.39 is 24.0 Å². The van der Waals surface area contributed by atoms with Crippen LogP contribution < -0.4 is 21.5 Å². The van der Waals surface area contributed by atoms with Crippen molar-refractivity contribution in [2.24, 2.45) is 15.8 Å². The Morgan fingerprint density at radius 1 is 0.902 bits per heavy atom. The van der Waals surface area contributed by atoms with E-state index in [1.807, 2.05) is 55.4 Å². The minimum absolute atomic E-state index is 0.0384. The molecule has 0 saturated carbocycles. The fraction of sp³-hybridized carbons (Fsp3) is 0.605. The minimum atomic E-state index is -0.761. The molecule has 0 spiro atoms. The average Bonchev–Trinajstić information content (AvgIpc) is 3.01. The first-order valence-corrected chi connectivity index (χ1v) is 17.7. The van der Waals surface area contributed by atoms with Gasteiger partial charge in [0.2, 0.25) is 5.95 Å². The zero-order chi connectivity index (χ0) is 38.6. The highest BCUT2D eigenvalue weighted by molar-refractivity contribution is 6.14. The molecule has 4 N–H and O–H groups in total. The highest BCUT2D eigenvalue weighted by Crippen LogP contribution is 2.20. The lowest BCUT2D eigenvalue weighted by Crippen LogP contribution is -2.31. The molecule has 1 aromatic rings. The number of ether oxygens (including phenoxy) is 2. The van der Waals surface area contributed by atoms with E-state index >= 15 is 0 Å². The number of hydrogen-bond acceptors (Lipinski definition) is 8. The number of aliphatic imine (C=N–C) groups is 1. The fourth-order valence-electron chi connectivity index (χ4n) is 4.10. The maximum atomic E-state index is 12.9. The molecule has 0 radical (unpaired) electrons. The van der Waals surface area contributed by atoms with Crippen molar-refractivity contribution in [3.63, 3.8) is 0 Å². The van der Waals surface area contributed by atoms with Crippen LogP contribution in [-0.4, -0.2) is 66.0 Å². The monoisotopic (exact) mass is 712 g/mol. The Balaban J connectivity index is 2.53. The molecule has 284 valence electrons. The zero-order valence-corrected chi connectivity index (χ0v) is 32.3. The number of carbonyl (C=O) groups excluding carboxylic acids is 4. The van der Waals surface area contributed by atoms with Crippen LogP contribution in [0.2, 0.25) is 0 Å². The first-order valence-electron chi connectivity index (χ1n) is 17.7. The highest BCUT2D eigenvalue weighted by atomic mass is 16.6. The van der Waals surface area contributed by atoms with Crippen molar-refractivity contribution in [2.45, 2.75) is 114 Å². The number of aromatic amines is 1. The van der Waals surface area contributed by atoms with Gasteiger partial charge in [-0.05, 0) is 67.6 Å². The molecule has 1 rings (SSSR count). The standard InChI is InChI=1S/C38H60N6O7/c1-11-28(23-29(33(47)51-25-38(8,9)10)32(46)50-22-19-37(5,6)7)18-17-27(4)41-35(48)39-20-15-13-12-14-16-21-40-36(49)44-34-42-30(26(2)3)24-31(45)43-34/h11,17-18,23-24,26H,12-16,19-22,25H2,1-10H3,(H,39,48)(H3,40,42,43,44,45,49)/b18-17-,28-11?,29-23+,41-27?. The van der Waals surface area contributed by atoms with Crippen molar-refractivity contribution >= 4 is 35.7 Å². The first kappa shape index (κ1) is 44.5. The van der Waals surface area contributed by atoms with Crippen molar-refractivity contribution in [3.05, 3.63) is 57.6 Å². The molecule has 0 aliphatic heterocycles. The first-order chi connectivity index (χ1) is 23.8. The average molecular weight is 713 g/mol. The Bertz CT molecular complexity index is 1490. The van der Waals surface area contributed by atoms with Crippen LogP contribution >= 0.6 is 0 Å². The summed E-state index contributed by atoms with van der Waals surface area (Å²) >= 11 is 0. The summed E-state index contributed by atoms with van der Waals surface area (Å²) in [7, 11) is 0. The number of urea groups is 2. The number of H-pyrrole nitrogens is 1. The summed E-state index contributed by atoms with van der Waals surface area (Å²) < 4.78 is 10.8. The van der Waals surface area contributed by atoms with E-state index in [9.17, 15) is 24.0 Å². The molecule has 0 saturated heterocycles. The minimum Gasteiger partial charge on any atom is -0.462 e. The molecule has 0 unspecified atom stereocenters. The van der Waals surface area contributed by atoms with Crippen molar-refractivity contribution in [1.82, 2.24) is 20.6 Å². The third kappa shape index (κ3) is 21.3. The molecule has 0 atom stereocenters. The number of nitrogens with one attached hydrogen (secondary N) is 4. The molecule has 0 aromatic carbocycles. The molecule has 51 heavy (non-hydrogen) atoms. The van der Waals surface area contributed by atoms with Crippen LogP contribution in [0.5, 0.6) is 0 Å². The summed E-state index contributed by atoms with van der Waals surface area (Å²) in [4.78, 5) is 72.9. The lowest BCUT2D eigenvalue weighted by atomic mass is 9.93. The Morgan fingerprint density at radius 3 is 2.10 bits per heavy atom. The molecule has 0 aliphatic rings. The molecule has 4 amide bonds. The summed E-state index contributed by atoms with van der Waals surface area (Å²) in [5.74, 6) is -1.34. The number of amides is 4. The maximum Gasteiger partial charge on any atom is 0.345 e. The van der Waals surface area contributed by atoms with Crippen LogP contribution in [0.15, 0.2) is 51.3 Å². The predicted octanol–water partition coefficient (Wildman–Crippen LogP) is 7.13. The number of rotatable bonds is 18. The van der Waals surface area contributed by atoms with E-state index in [1.165, 1.54) is 12.1 Å². The second-order valence-electron chi connectivity index (χ2n) is 15.1. The number of unbranched alkanes of at least 4 members (excludes halogenated alkanes) is 4. The molecular weight excluding hydrogens is 652 g/mol. The van der Waals surface area contributed by atoms with Crippen molar-refractivity contribution in [2.75, 3.05) is 31.6 Å². The van der Waals surface area contributed by atoms with Gasteiger partial charge < -0.3 is 20.1 Å². The molecule has 1 heterocycles. The van der Waals surface area contributed by atoms with Gasteiger partial charge in [-0.25, -0.2) is 24.2 Å². The summed E-state index contributed by atoms with van der Waals surface area (Å²) in [6.45, 7) is 20.4. The SMILES string of the molecule is CC=C(/C=C\C(C)=NC(=O)NCCCCCCCNC(=O)Nc1nc(C(C)C)cc(=O)[nH]1)/C=C(\C(=O)OCCC(C)(C)C)C(=O)OCC(C)(C)C. The molecular formula is C38H60N6O7. The van der Waals surface area contributed by atoms with E-state index in [-0.39, 0.29) is 47.0 Å². The van der Waals surface area contributed by atoms with Gasteiger partial charge in [-0.1, -0.05) is 86.8 Å². The highest BCUT2D eigenvalue weighted by Gasteiger charge is 2.24. The Hall–Kier alpha value is -4.55. The molecule has 0 fully saturated rings. The quantitative estimate of drug-likeness (QED) is 0.0236. The second kappa shape index (κ2) is 22.3. The van der Waals surface area contributed by atoms with Crippen LogP contribution in [0, 0.1) is 10.8 Å². The molecule has 13 heteroatoms. The van der Waals surface area contributed by atoms with Crippen LogP contribution in [-0.2, 0) is 19.1 Å². The van der Waals surface area contributed by atoms with E-state index in [4.69, 9.17) is 9.47 Å². The Labute approximate surface area is 303 Å². The lowest BCUT2D eigenvalue weighted by Gasteiger charge is -2.19. The second-order valence-corrected chi connectivity index (χ2v) is 15.1. The predicted molar refractivity (Wildman–Crippen MR) is 202 cm³/mol. The number of aromatic nitrogens is 2. The summed E-state index contributed by atoms with van der Waals surface area (Å²) in [5.41, 5.74) is 0.741. The van der Waals surface area contributed by atoms with Gasteiger partial charge >= 0.3 is 24.0 Å². The van der Waals surface area contributed by atoms with Gasteiger partial charge in [0.25, 0.3) is 5.56 Å². The molecule has 1 aromatic heterocycles. The summed E-state index contributed by atoms with van der Waals surface area (Å²) in [6.07, 6.45) is 11.4. The summed E-state index contributed by atoms with van der Waals surface area (Å²) in [6, 6.07) is 0.518. The number of anilines is 1. The van der Waals surface area contributed by atoms with Crippen molar-refractivity contribution in [1.29, 1.82) is 0 Å². The van der Waals surface area contributed by atoms with Crippen LogP contribution in [0.3, 0.4) is 0 Å². The number of carbonyl (C=O) groups is 4. The van der Waals surface area contributed by atoms with Gasteiger partial charge in [-0.3, -0.25) is 15.1 Å². The fourth-order valence-corrected chi connectivity index (χ4v) is 4.10. The van der Waals surface area contributed by atoms with Crippen LogP contribution in [0.4, 0.5) is 15.5 Å². The normalized spacial score (nSPS) is 13.0. The molecule has 0 aliphatic carbocycles. The Kier molecular flexibility index (Phi) is 19.5. The third-order valence-electron chi connectivity index (χ3n) is 7.10. The van der Waals surface area contributed by atoms with E-state index in [1.54, 1.807) is 32.1 Å². The van der Waals surface area contributed by atoms with Gasteiger partial charge in [0.05, 0.1) is 18.9 Å². The van der Waals surface area contributed by atoms with Crippen molar-refractivity contribution < 1.29 is 28.7 Å². The summed E-state index contributed by atoms with van der Waals surface area (Å²) in [5, 5.41) is 8.10. The Morgan fingerprint density at radius 2 is 1.51 bits per heavy atom. The van der Waals surface area contributed by atoms with Gasteiger partial charge in [-0.15, -0.1) is 0 Å². The topological polar surface area (TPSA) is 181 Å². The van der Waals surface area contributed by atoms with E-state index in [2.05, 4.69) is 30.9 Å². The number of nitrogens with zero attached hydrogens (tertiary/aromatic N) is 2. The lowest BCUT2D eigenvalue weighted by molar-refractivity contribution is -0.149. The van der Waals surface area contributed by atoms with Gasteiger partial charge in [0.15, 0.2) is 0 Å². The van der Waals surface area contributed by atoms with E-state index in [0.29, 0.717) is 36.5 Å². The van der Waals surface area contributed by atoms with E-state index in [0.717, 1.165) is 32.1 Å². The van der Waals surface area contributed by atoms with Crippen LogP contribution in [0.25, 0.3) is 0 Å². The maximum absolute atomic E-state index is 12.9.